The third-order valence-corrected chi connectivity index (χ3v) is 3.53. The minimum absolute atomic E-state index is 0.280. The van der Waals surface area contributed by atoms with Crippen LogP contribution in [0.15, 0.2) is 42.5 Å². The van der Waals surface area contributed by atoms with E-state index in [9.17, 15) is 0 Å². The Morgan fingerprint density at radius 3 is 2.05 bits per heavy atom. The first kappa shape index (κ1) is 22.7. The molecule has 0 bridgehead atoms. The second-order valence-electron chi connectivity index (χ2n) is 6.18. The summed E-state index contributed by atoms with van der Waals surface area (Å²) in [4.78, 5) is 0. The van der Waals surface area contributed by atoms with Crippen molar-refractivity contribution in [3.8, 4) is 0 Å². The van der Waals surface area contributed by atoms with Gasteiger partial charge in [0.15, 0.2) is 0 Å². The Morgan fingerprint density at radius 1 is 1.09 bits per heavy atom. The molecule has 22 heavy (non-hydrogen) atoms. The van der Waals surface area contributed by atoms with Gasteiger partial charge in [0.2, 0.25) is 0 Å². The van der Waals surface area contributed by atoms with Gasteiger partial charge in [-0.3, -0.25) is 0 Å². The third-order valence-electron chi connectivity index (χ3n) is 2.62. The molecule has 0 aliphatic heterocycles. The van der Waals surface area contributed by atoms with E-state index in [0.29, 0.717) is 5.41 Å². The number of benzene rings is 1. The Hall–Kier alpha value is 0.714. The molecule has 0 saturated heterocycles. The normalized spacial score (nSPS) is 11.0. The van der Waals surface area contributed by atoms with Gasteiger partial charge in [0.05, 0.1) is 0 Å². The largest absolute Gasteiger partial charge is 0.168 e. The molecule has 0 fully saturated rings. The second-order valence-corrected chi connectivity index (χ2v) is 15.6. The van der Waals surface area contributed by atoms with Crippen LogP contribution in [0.5, 0.6) is 0 Å². The molecule has 0 aromatic heterocycles. The van der Waals surface area contributed by atoms with E-state index < -0.39 is 12.3 Å². The van der Waals surface area contributed by atoms with Crippen molar-refractivity contribution in [1.29, 1.82) is 0 Å². The Morgan fingerprint density at radius 2 is 1.64 bits per heavy atom. The van der Waals surface area contributed by atoms with Crippen LogP contribution < -0.4 is 0 Å². The summed E-state index contributed by atoms with van der Waals surface area (Å²) >= 11 is -1.77. The first-order chi connectivity index (χ1) is 10.1. The van der Waals surface area contributed by atoms with Crippen LogP contribution in [0.3, 0.4) is 0 Å². The average molecular weight is 418 g/mol. The Kier molecular flexibility index (Phi) is 12.5. The summed E-state index contributed by atoms with van der Waals surface area (Å²) < 4.78 is 0. The summed E-state index contributed by atoms with van der Waals surface area (Å²) in [5, 5.41) is 2.66. The fraction of sp³-hybridized carbons (Fsp3) is 0.412. The van der Waals surface area contributed by atoms with E-state index in [1.165, 1.54) is 16.9 Å². The van der Waals surface area contributed by atoms with Gasteiger partial charge in [-0.25, -0.2) is 0 Å². The molecule has 0 nitrogen and oxygen atoms in total. The summed E-state index contributed by atoms with van der Waals surface area (Å²) in [5.41, 5.74) is 0.423. The molecule has 0 heterocycles. The molecule has 2 aromatic carbocycles. The van der Waals surface area contributed by atoms with Crippen molar-refractivity contribution in [3.63, 3.8) is 0 Å². The van der Waals surface area contributed by atoms with Crippen LogP contribution in [0.4, 0.5) is 0 Å². The first-order valence-corrected chi connectivity index (χ1v) is 15.2. The fourth-order valence-electron chi connectivity index (χ4n) is 1.53. The molecule has 0 atom stereocenters. The van der Waals surface area contributed by atoms with Gasteiger partial charge in [0.1, 0.15) is 0 Å². The quantitative estimate of drug-likeness (QED) is 0.348. The van der Waals surface area contributed by atoms with Gasteiger partial charge in [0, 0.05) is 0 Å². The van der Waals surface area contributed by atoms with Crippen molar-refractivity contribution in [1.82, 2.24) is 0 Å². The zero-order valence-corrected chi connectivity index (χ0v) is 18.4. The summed E-state index contributed by atoms with van der Waals surface area (Å²) in [6, 6.07) is 14.7. The Balaban J connectivity index is 0.000000326. The molecular weight excluding hydrogens is 392 g/mol. The predicted molar refractivity (Wildman–Crippen MR) is 104 cm³/mol. The van der Waals surface area contributed by atoms with Gasteiger partial charge < -0.3 is 6.42 Å². The van der Waals surface area contributed by atoms with Crippen LogP contribution in [-0.4, -0.2) is 19.5 Å². The smallest absolute Gasteiger partial charge is 0.0809 e. The maximum atomic E-state index is 4.95. The Bertz CT molecular complexity index is 471. The molecule has 0 aliphatic rings. The monoisotopic (exact) mass is 416 g/mol. The van der Waals surface area contributed by atoms with Gasteiger partial charge in [-0.1, -0.05) is 26.8 Å². The molecule has 0 N–H and O–H groups in total. The standard InChI is InChI=1S/C9H7.C8H18P.3ClH.V/c1-2-5-9-7-3-6-8(9)4-1;1-8(2,3)6-7-9(4)5;;;;/h1-7H;6H,7H2,1-5H3;3*1H;/q2*-1;;;;+3/p-3. The minimum Gasteiger partial charge on any atom is -0.168 e. The summed E-state index contributed by atoms with van der Waals surface area (Å²) in [6.07, 6.45) is 3.72. The number of halogens is 3. The maximum Gasteiger partial charge on any atom is -0.0809 e. The Labute approximate surface area is 154 Å². The van der Waals surface area contributed by atoms with E-state index >= 15 is 0 Å². The van der Waals surface area contributed by atoms with Gasteiger partial charge in [-0.2, -0.15) is 29.1 Å². The van der Waals surface area contributed by atoms with Gasteiger partial charge >= 0.3 is 41.8 Å². The van der Waals surface area contributed by atoms with Crippen molar-refractivity contribution >= 4 is 48.2 Å². The van der Waals surface area contributed by atoms with Crippen molar-refractivity contribution in [2.75, 3.05) is 19.5 Å². The molecule has 5 heteroatoms. The molecule has 0 amide bonds. The van der Waals surface area contributed by atoms with E-state index in [0.717, 1.165) is 0 Å². The second kappa shape index (κ2) is 12.1. The van der Waals surface area contributed by atoms with E-state index in [1.807, 2.05) is 0 Å². The van der Waals surface area contributed by atoms with Crippen molar-refractivity contribution in [3.05, 3.63) is 48.9 Å². The number of fused-ring (bicyclic) bond motifs is 1. The summed E-state index contributed by atoms with van der Waals surface area (Å²) in [7, 11) is 15.1. The molecule has 0 saturated carbocycles. The average Bonchev–Trinajstić information content (AvgIpc) is 2.84. The zero-order valence-electron chi connectivity index (χ0n) is 13.9. The molecule has 0 unspecified atom stereocenters. The van der Waals surface area contributed by atoms with E-state index in [-0.39, 0.29) is 7.92 Å². The third kappa shape index (κ3) is 14.3. The molecule has 126 valence electrons. The first-order valence-electron chi connectivity index (χ1n) is 6.99. The molecule has 2 rings (SSSR count). The molecule has 2 aromatic rings. The van der Waals surface area contributed by atoms with Crippen molar-refractivity contribution in [2.24, 2.45) is 5.41 Å². The van der Waals surface area contributed by atoms with E-state index in [4.69, 9.17) is 29.5 Å². The fourth-order valence-corrected chi connectivity index (χ4v) is 2.44. The van der Waals surface area contributed by atoms with Crippen LogP contribution in [0.1, 0.15) is 20.8 Å². The SMILES string of the molecule is CP(C)C[CH-]C(C)(C)C.[Cl][V]([Cl])[Cl].c1ccc2[cH-]ccc2c1. The molecule has 0 aliphatic carbocycles. The summed E-state index contributed by atoms with van der Waals surface area (Å²) in [6.45, 7) is 11.4. The minimum atomic E-state index is -1.77. The number of hydrogen-bond donors (Lipinski definition) is 0. The van der Waals surface area contributed by atoms with Crippen molar-refractivity contribution in [2.45, 2.75) is 20.8 Å². The summed E-state index contributed by atoms with van der Waals surface area (Å²) in [5.74, 6) is 0. The van der Waals surface area contributed by atoms with E-state index in [2.05, 4.69) is 83.0 Å². The predicted octanol–water partition coefficient (Wildman–Crippen LogP) is 7.60. The van der Waals surface area contributed by atoms with Crippen LogP contribution in [0.25, 0.3) is 10.8 Å². The molecular formula is C17H25Cl3PV-2. The number of hydrogen-bond acceptors (Lipinski definition) is 0. The van der Waals surface area contributed by atoms with Crippen LogP contribution in [0, 0.1) is 11.8 Å². The van der Waals surface area contributed by atoms with Crippen LogP contribution in [0.2, 0.25) is 0 Å². The van der Waals surface area contributed by atoms with Gasteiger partial charge in [-0.05, 0) is 13.3 Å². The molecule has 0 radical (unpaired) electrons. The zero-order chi connectivity index (χ0) is 17.2. The van der Waals surface area contributed by atoms with Crippen molar-refractivity contribution < 1.29 is 12.3 Å². The maximum absolute atomic E-state index is 4.95. The van der Waals surface area contributed by atoms with Crippen LogP contribution >= 0.6 is 37.5 Å². The molecule has 0 spiro atoms. The van der Waals surface area contributed by atoms with Gasteiger partial charge in [-0.15, -0.1) is 37.6 Å². The van der Waals surface area contributed by atoms with Crippen LogP contribution in [-0.2, 0) is 12.3 Å². The van der Waals surface area contributed by atoms with E-state index in [1.54, 1.807) is 0 Å². The number of rotatable bonds is 2. The van der Waals surface area contributed by atoms with Gasteiger partial charge in [0.25, 0.3) is 0 Å². The topological polar surface area (TPSA) is 0 Å².